The van der Waals surface area contributed by atoms with E-state index >= 15 is 0 Å². The summed E-state index contributed by atoms with van der Waals surface area (Å²) in [5.41, 5.74) is 3.59. The number of aromatic nitrogens is 1. The molecule has 0 bridgehead atoms. The Morgan fingerprint density at radius 1 is 1.64 bits per heavy atom. The number of carbonyl (C=O) groups is 1. The zero-order valence-corrected chi connectivity index (χ0v) is 12.5. The number of hydrogen-bond acceptors (Lipinski definition) is 7. The number of hydroxylamine groups is 1. The smallest absolute Gasteiger partial charge is 0.506 e. The van der Waals surface area contributed by atoms with E-state index in [1.807, 2.05) is 0 Å². The summed E-state index contributed by atoms with van der Waals surface area (Å²) in [5, 5.41) is 13.1. The van der Waals surface area contributed by atoms with Crippen LogP contribution in [0.3, 0.4) is 0 Å². The molecule has 0 aliphatic carbocycles. The first kappa shape index (κ1) is 15.3. The van der Waals surface area contributed by atoms with Gasteiger partial charge in [0.15, 0.2) is 0 Å². The first-order chi connectivity index (χ1) is 10.4. The fourth-order valence-electron chi connectivity index (χ4n) is 2.06. The second kappa shape index (κ2) is 5.58. The number of hydrogen-bond donors (Lipinski definition) is 4. The predicted octanol–water partition coefficient (Wildman–Crippen LogP) is -0.287. The highest BCUT2D eigenvalue weighted by Gasteiger charge is 2.66. The van der Waals surface area contributed by atoms with Crippen LogP contribution in [-0.4, -0.2) is 33.5 Å². The Balaban J connectivity index is 1.76. The molecule has 1 aromatic heterocycles. The molecule has 4 N–H and O–H groups in total. The molecular weight excluding hydrogens is 317 g/mol. The van der Waals surface area contributed by atoms with Crippen molar-refractivity contribution in [1.82, 2.24) is 15.8 Å². The Labute approximate surface area is 125 Å². The number of pyridine rings is 1. The van der Waals surface area contributed by atoms with Crippen molar-refractivity contribution in [3.63, 3.8) is 0 Å². The summed E-state index contributed by atoms with van der Waals surface area (Å²) < 4.78 is 17.4. The van der Waals surface area contributed by atoms with Gasteiger partial charge in [-0.15, -0.1) is 4.30 Å². The molecule has 1 unspecified atom stereocenters. The third-order valence-corrected chi connectivity index (χ3v) is 4.36. The van der Waals surface area contributed by atoms with Crippen LogP contribution < -0.4 is 10.8 Å². The Morgan fingerprint density at radius 3 is 2.95 bits per heavy atom. The lowest BCUT2D eigenvalue weighted by atomic mass is 10.1. The van der Waals surface area contributed by atoms with E-state index < -0.39 is 13.9 Å². The molecule has 2 aliphatic heterocycles. The van der Waals surface area contributed by atoms with Crippen LogP contribution in [0, 0.1) is 6.92 Å². The van der Waals surface area contributed by atoms with Crippen molar-refractivity contribution in [3.8, 4) is 5.75 Å². The lowest BCUT2D eigenvalue weighted by Crippen LogP contribution is -2.37. The van der Waals surface area contributed by atoms with Gasteiger partial charge in [-0.2, -0.15) is 4.57 Å². The normalized spacial score (nSPS) is 27.9. The summed E-state index contributed by atoms with van der Waals surface area (Å²) in [6.07, 6.45) is 1.48. The quantitative estimate of drug-likeness (QED) is 0.250. The summed E-state index contributed by atoms with van der Waals surface area (Å²) in [7, 11) is -3.72. The molecule has 2 fully saturated rings. The van der Waals surface area contributed by atoms with Crippen molar-refractivity contribution < 1.29 is 33.2 Å². The van der Waals surface area contributed by atoms with Crippen LogP contribution >= 0.6 is 7.82 Å². The van der Waals surface area contributed by atoms with Gasteiger partial charge in [0.05, 0.1) is 22.5 Å². The van der Waals surface area contributed by atoms with E-state index in [1.165, 1.54) is 6.20 Å². The maximum atomic E-state index is 11.4. The molecule has 2 aliphatic rings. The fraction of sp³-hybridized carbons (Fsp3) is 0.455. The first-order valence-electron chi connectivity index (χ1n) is 6.44. The molecule has 0 saturated carbocycles. The lowest BCUT2D eigenvalue weighted by Gasteiger charge is -2.13. The van der Waals surface area contributed by atoms with Crippen molar-refractivity contribution >= 4 is 13.7 Å². The second-order valence-corrected chi connectivity index (χ2v) is 6.41. The summed E-state index contributed by atoms with van der Waals surface area (Å²) in [5.74, 6) is -0.338. The summed E-state index contributed by atoms with van der Waals surface area (Å²) in [6.45, 7) is 1.90. The van der Waals surface area contributed by atoms with Crippen LogP contribution in [0.15, 0.2) is 6.20 Å². The lowest BCUT2D eigenvalue weighted by molar-refractivity contribution is -0.156. The highest BCUT2D eigenvalue weighted by Crippen LogP contribution is 2.69. The van der Waals surface area contributed by atoms with Crippen LogP contribution in [0.5, 0.6) is 5.75 Å². The Bertz CT molecular complexity index is 667. The van der Waals surface area contributed by atoms with E-state index in [0.29, 0.717) is 16.8 Å². The number of carbonyl (C=O) groups excluding carboxylic acids is 1. The maximum Gasteiger partial charge on any atom is 0.740 e. The predicted molar refractivity (Wildman–Crippen MR) is 71.1 cm³/mol. The molecule has 0 spiro atoms. The van der Waals surface area contributed by atoms with Gasteiger partial charge in [-0.1, -0.05) is 0 Å². The van der Waals surface area contributed by atoms with Crippen LogP contribution in [0.2, 0.25) is 0 Å². The molecule has 120 valence electrons. The number of rotatable bonds is 5. The summed E-state index contributed by atoms with van der Waals surface area (Å²) in [4.78, 5) is 29.4. The SMILES string of the molecule is Cc1ncc(C[O+]2OP2(=O)O)c(CN[C@H]2CONC2=O)c1O. The third kappa shape index (κ3) is 2.98. The van der Waals surface area contributed by atoms with Gasteiger partial charge in [0.1, 0.15) is 11.8 Å². The summed E-state index contributed by atoms with van der Waals surface area (Å²) >= 11 is 0. The Morgan fingerprint density at radius 2 is 2.36 bits per heavy atom. The minimum Gasteiger partial charge on any atom is -0.506 e. The maximum absolute atomic E-state index is 11.4. The number of nitrogens with zero attached hydrogens (tertiary/aromatic N) is 1. The van der Waals surface area contributed by atoms with E-state index in [2.05, 4.69) is 20.5 Å². The molecular formula is C11H15N3O7P+. The van der Waals surface area contributed by atoms with Crippen LogP contribution in [0.4, 0.5) is 0 Å². The van der Waals surface area contributed by atoms with E-state index in [-0.39, 0.29) is 31.4 Å². The van der Waals surface area contributed by atoms with Gasteiger partial charge in [-0.3, -0.25) is 24.8 Å². The van der Waals surface area contributed by atoms with E-state index in [1.54, 1.807) is 11.2 Å². The molecule has 2 atom stereocenters. The molecule has 1 amide bonds. The van der Waals surface area contributed by atoms with Crippen LogP contribution in [0.25, 0.3) is 0 Å². The minimum atomic E-state index is -3.72. The van der Waals surface area contributed by atoms with Crippen molar-refractivity contribution in [1.29, 1.82) is 0 Å². The number of aromatic hydroxyl groups is 1. The molecule has 3 heterocycles. The summed E-state index contributed by atoms with van der Waals surface area (Å²) in [6, 6.07) is -0.533. The zero-order chi connectivity index (χ0) is 15.9. The van der Waals surface area contributed by atoms with Gasteiger partial charge in [0, 0.05) is 18.3 Å². The number of amides is 1. The van der Waals surface area contributed by atoms with Gasteiger partial charge in [-0.25, -0.2) is 5.48 Å². The fourth-order valence-corrected chi connectivity index (χ4v) is 2.78. The molecule has 11 heteroatoms. The largest absolute Gasteiger partial charge is 0.740 e. The van der Waals surface area contributed by atoms with E-state index in [0.717, 1.165) is 0 Å². The van der Waals surface area contributed by atoms with Crippen molar-refractivity contribution in [2.24, 2.45) is 0 Å². The van der Waals surface area contributed by atoms with Crippen molar-refractivity contribution in [2.45, 2.75) is 26.1 Å². The highest BCUT2D eigenvalue weighted by molar-refractivity contribution is 7.52. The Kier molecular flexibility index (Phi) is 3.89. The average molecular weight is 332 g/mol. The average Bonchev–Trinajstić information content (AvgIpc) is 2.85. The highest BCUT2D eigenvalue weighted by atomic mass is 31.2. The first-order valence-corrected chi connectivity index (χ1v) is 7.94. The monoisotopic (exact) mass is 332 g/mol. The number of nitrogens with one attached hydrogen (secondary N) is 2. The zero-order valence-electron chi connectivity index (χ0n) is 11.6. The van der Waals surface area contributed by atoms with Crippen molar-refractivity contribution in [3.05, 3.63) is 23.0 Å². The minimum absolute atomic E-state index is 0.0421. The molecule has 0 aromatic carbocycles. The third-order valence-electron chi connectivity index (χ3n) is 3.39. The van der Waals surface area contributed by atoms with Gasteiger partial charge >= 0.3 is 7.82 Å². The molecule has 1 aromatic rings. The molecule has 3 rings (SSSR count). The molecule has 10 nitrogen and oxygen atoms in total. The van der Waals surface area contributed by atoms with E-state index in [9.17, 15) is 14.5 Å². The molecule has 22 heavy (non-hydrogen) atoms. The molecule has 2 saturated heterocycles. The van der Waals surface area contributed by atoms with Gasteiger partial charge < -0.3 is 5.11 Å². The Hall–Kier alpha value is -1.55. The topological polar surface area (TPSA) is 136 Å². The van der Waals surface area contributed by atoms with Crippen molar-refractivity contribution in [2.75, 3.05) is 6.61 Å². The van der Waals surface area contributed by atoms with E-state index in [4.69, 9.17) is 9.73 Å². The van der Waals surface area contributed by atoms with Gasteiger partial charge in [0.25, 0.3) is 5.91 Å². The van der Waals surface area contributed by atoms with Gasteiger partial charge in [-0.05, 0) is 6.92 Å². The van der Waals surface area contributed by atoms with Crippen LogP contribution in [-0.2, 0) is 36.3 Å². The van der Waals surface area contributed by atoms with Gasteiger partial charge in [0.2, 0.25) is 6.61 Å². The molecule has 0 radical (unpaired) electrons. The van der Waals surface area contributed by atoms with Crippen LogP contribution in [0.1, 0.15) is 16.8 Å². The standard InChI is InChI=1S/C11H14N3O7P/c1-6-10(15)8(3-13-9-4-19-14-11(9)16)7(2-12-6)5-21-20-22(21,17)18/h2,9,13H,3-5H2,1H3,(H2-,14,15,16,17,18)/p+1/t9-/m0/s1. The second-order valence-electron chi connectivity index (χ2n) is 4.92. The number of aryl methyl sites for hydroxylation is 1.